The van der Waals surface area contributed by atoms with Crippen LogP contribution in [0.15, 0.2) is 65.9 Å². The van der Waals surface area contributed by atoms with Crippen LogP contribution in [0.2, 0.25) is 0 Å². The number of nitrogens with zero attached hydrogens (tertiary/aromatic N) is 2. The Kier molecular flexibility index (Phi) is 6.23. The summed E-state index contributed by atoms with van der Waals surface area (Å²) in [6.45, 7) is 5.94. The molecule has 2 aromatic rings. The minimum Gasteiger partial charge on any atom is -0.466 e. The number of hydrogen-bond acceptors (Lipinski definition) is 5. The van der Waals surface area contributed by atoms with Gasteiger partial charge >= 0.3 is 12.0 Å². The molecule has 2 amide bonds. The van der Waals surface area contributed by atoms with E-state index < -0.39 is 12.0 Å². The van der Waals surface area contributed by atoms with Crippen molar-refractivity contribution in [3.05, 3.63) is 77.0 Å². The van der Waals surface area contributed by atoms with Gasteiger partial charge in [0, 0.05) is 44.1 Å². The van der Waals surface area contributed by atoms with Crippen molar-refractivity contribution in [2.75, 3.05) is 44.7 Å². The molecule has 2 heterocycles. The summed E-state index contributed by atoms with van der Waals surface area (Å²) in [5.74, 6) is -0.434. The Morgan fingerprint density at radius 3 is 2.35 bits per heavy atom. The van der Waals surface area contributed by atoms with Gasteiger partial charge in [0.05, 0.1) is 18.7 Å². The minimum atomic E-state index is -0.539. The SMILES string of the molecule is COC(=O)C1=C(CN2CCN(c3ccccc3)CC2)NC(=O)N[C@@H]1c1ccc(C)cc1. The van der Waals surface area contributed by atoms with Crippen molar-refractivity contribution in [3.63, 3.8) is 0 Å². The number of esters is 1. The van der Waals surface area contributed by atoms with Crippen LogP contribution in [0, 0.1) is 6.92 Å². The lowest BCUT2D eigenvalue weighted by atomic mass is 9.94. The Morgan fingerprint density at radius 1 is 1.03 bits per heavy atom. The number of ether oxygens (including phenoxy) is 1. The molecule has 162 valence electrons. The maximum absolute atomic E-state index is 12.7. The van der Waals surface area contributed by atoms with E-state index in [4.69, 9.17) is 4.74 Å². The first kappa shape index (κ1) is 20.9. The molecule has 1 atom stereocenters. The molecule has 4 rings (SSSR count). The number of carbonyl (C=O) groups is 2. The molecule has 31 heavy (non-hydrogen) atoms. The third-order valence-electron chi connectivity index (χ3n) is 5.84. The summed E-state index contributed by atoms with van der Waals surface area (Å²) in [5, 5.41) is 5.73. The Balaban J connectivity index is 1.54. The third-order valence-corrected chi connectivity index (χ3v) is 5.84. The maximum atomic E-state index is 12.7. The highest BCUT2D eigenvalue weighted by molar-refractivity contribution is 5.95. The summed E-state index contributed by atoms with van der Waals surface area (Å²) >= 11 is 0. The molecule has 7 heteroatoms. The molecule has 1 fully saturated rings. The topological polar surface area (TPSA) is 73.9 Å². The standard InChI is InChI=1S/C24H28N4O3/c1-17-8-10-18(11-9-17)22-21(23(29)31-2)20(25-24(30)26-22)16-27-12-14-28(15-13-27)19-6-4-3-5-7-19/h3-11,22H,12-16H2,1-2H3,(H2,25,26,30)/t22-/m1/s1. The summed E-state index contributed by atoms with van der Waals surface area (Å²) in [4.78, 5) is 29.7. The number of methoxy groups -OCH3 is 1. The van der Waals surface area contributed by atoms with Crippen molar-refractivity contribution in [2.24, 2.45) is 0 Å². The molecule has 1 saturated heterocycles. The van der Waals surface area contributed by atoms with Crippen molar-refractivity contribution in [1.82, 2.24) is 15.5 Å². The molecule has 0 saturated carbocycles. The van der Waals surface area contributed by atoms with Crippen LogP contribution in [-0.4, -0.2) is 56.7 Å². The fraction of sp³-hybridized carbons (Fsp3) is 0.333. The second kappa shape index (κ2) is 9.22. The summed E-state index contributed by atoms with van der Waals surface area (Å²) < 4.78 is 5.08. The number of urea groups is 1. The Labute approximate surface area is 182 Å². The van der Waals surface area contributed by atoms with Gasteiger partial charge in [0.2, 0.25) is 0 Å². The van der Waals surface area contributed by atoms with Gasteiger partial charge in [-0.25, -0.2) is 9.59 Å². The average molecular weight is 421 g/mol. The van der Waals surface area contributed by atoms with Crippen LogP contribution in [0.25, 0.3) is 0 Å². The van der Waals surface area contributed by atoms with E-state index in [1.807, 2.05) is 49.4 Å². The number of carbonyl (C=O) groups excluding carboxylic acids is 2. The monoisotopic (exact) mass is 420 g/mol. The zero-order valence-corrected chi connectivity index (χ0v) is 17.9. The first-order valence-electron chi connectivity index (χ1n) is 10.5. The number of anilines is 1. The van der Waals surface area contributed by atoms with E-state index in [0.717, 1.165) is 37.3 Å². The van der Waals surface area contributed by atoms with E-state index in [1.165, 1.54) is 12.8 Å². The van der Waals surface area contributed by atoms with Gasteiger partial charge in [0.1, 0.15) is 0 Å². The lowest BCUT2D eigenvalue weighted by Crippen LogP contribution is -2.51. The lowest BCUT2D eigenvalue weighted by Gasteiger charge is -2.38. The molecule has 2 aliphatic rings. The van der Waals surface area contributed by atoms with E-state index >= 15 is 0 Å². The highest BCUT2D eigenvalue weighted by atomic mass is 16.5. The first-order valence-corrected chi connectivity index (χ1v) is 10.5. The highest BCUT2D eigenvalue weighted by Crippen LogP contribution is 2.28. The lowest BCUT2D eigenvalue weighted by molar-refractivity contribution is -0.136. The second-order valence-corrected chi connectivity index (χ2v) is 7.92. The van der Waals surface area contributed by atoms with Gasteiger partial charge in [-0.05, 0) is 24.6 Å². The van der Waals surface area contributed by atoms with E-state index in [9.17, 15) is 9.59 Å². The van der Waals surface area contributed by atoms with Crippen LogP contribution in [0.4, 0.5) is 10.5 Å². The molecule has 0 unspecified atom stereocenters. The van der Waals surface area contributed by atoms with Gasteiger partial charge in [-0.15, -0.1) is 0 Å². The number of amides is 2. The van der Waals surface area contributed by atoms with Crippen molar-refractivity contribution in [1.29, 1.82) is 0 Å². The number of piperazine rings is 1. The van der Waals surface area contributed by atoms with E-state index in [-0.39, 0.29) is 6.03 Å². The van der Waals surface area contributed by atoms with E-state index in [2.05, 4.69) is 32.6 Å². The van der Waals surface area contributed by atoms with Crippen molar-refractivity contribution >= 4 is 17.7 Å². The van der Waals surface area contributed by atoms with Gasteiger partial charge < -0.3 is 20.3 Å². The average Bonchev–Trinajstić information content (AvgIpc) is 2.80. The number of hydrogen-bond donors (Lipinski definition) is 2. The zero-order chi connectivity index (χ0) is 21.8. The molecule has 2 aromatic carbocycles. The van der Waals surface area contributed by atoms with Crippen LogP contribution in [0.3, 0.4) is 0 Å². The van der Waals surface area contributed by atoms with Crippen molar-refractivity contribution < 1.29 is 14.3 Å². The molecule has 0 radical (unpaired) electrons. The smallest absolute Gasteiger partial charge is 0.338 e. The predicted molar refractivity (Wildman–Crippen MR) is 120 cm³/mol. The Bertz CT molecular complexity index is 964. The molecule has 0 bridgehead atoms. The second-order valence-electron chi connectivity index (χ2n) is 7.92. The summed E-state index contributed by atoms with van der Waals surface area (Å²) in [7, 11) is 1.37. The number of aryl methyl sites for hydroxylation is 1. The fourth-order valence-electron chi connectivity index (χ4n) is 4.13. The van der Waals surface area contributed by atoms with E-state index in [0.29, 0.717) is 17.8 Å². The molecule has 7 nitrogen and oxygen atoms in total. The molecule has 0 aliphatic carbocycles. The van der Waals surface area contributed by atoms with Crippen LogP contribution in [-0.2, 0) is 9.53 Å². The Hall–Kier alpha value is -3.32. The molecule has 2 aliphatic heterocycles. The largest absolute Gasteiger partial charge is 0.466 e. The van der Waals surface area contributed by atoms with Gasteiger partial charge in [0.15, 0.2) is 0 Å². The summed E-state index contributed by atoms with van der Waals surface area (Å²) in [6, 6.07) is 17.3. The van der Waals surface area contributed by atoms with Crippen LogP contribution < -0.4 is 15.5 Å². The van der Waals surface area contributed by atoms with Gasteiger partial charge in [-0.1, -0.05) is 48.0 Å². The quantitative estimate of drug-likeness (QED) is 0.728. The first-order chi connectivity index (χ1) is 15.0. The van der Waals surface area contributed by atoms with Crippen LogP contribution >= 0.6 is 0 Å². The van der Waals surface area contributed by atoms with Crippen LogP contribution in [0.1, 0.15) is 17.2 Å². The number of nitrogens with one attached hydrogen (secondary N) is 2. The summed E-state index contributed by atoms with van der Waals surface area (Å²) in [6.07, 6.45) is 0. The zero-order valence-electron chi connectivity index (χ0n) is 17.9. The van der Waals surface area contributed by atoms with E-state index in [1.54, 1.807) is 0 Å². The fourth-order valence-corrected chi connectivity index (χ4v) is 4.13. The van der Waals surface area contributed by atoms with Gasteiger partial charge in [0.25, 0.3) is 0 Å². The number of para-hydroxylation sites is 1. The number of benzene rings is 2. The normalized spacial score (nSPS) is 19.6. The maximum Gasteiger partial charge on any atom is 0.338 e. The molecular weight excluding hydrogens is 392 g/mol. The van der Waals surface area contributed by atoms with Gasteiger partial charge in [-0.2, -0.15) is 0 Å². The van der Waals surface area contributed by atoms with Gasteiger partial charge in [-0.3, -0.25) is 4.90 Å². The molecule has 0 aromatic heterocycles. The number of rotatable bonds is 5. The van der Waals surface area contributed by atoms with Crippen molar-refractivity contribution in [2.45, 2.75) is 13.0 Å². The summed E-state index contributed by atoms with van der Waals surface area (Å²) in [5.41, 5.74) is 4.24. The molecule has 0 spiro atoms. The highest BCUT2D eigenvalue weighted by Gasteiger charge is 2.34. The third kappa shape index (κ3) is 4.72. The molecular formula is C24H28N4O3. The molecule has 2 N–H and O–H groups in total. The van der Waals surface area contributed by atoms with Crippen molar-refractivity contribution in [3.8, 4) is 0 Å². The predicted octanol–water partition coefficient (Wildman–Crippen LogP) is 2.60. The Morgan fingerprint density at radius 2 is 1.71 bits per heavy atom. The van der Waals surface area contributed by atoms with Crippen LogP contribution in [0.5, 0.6) is 0 Å². The minimum absolute atomic E-state index is 0.309.